The van der Waals surface area contributed by atoms with Crippen molar-refractivity contribution in [3.63, 3.8) is 0 Å². The van der Waals surface area contributed by atoms with E-state index in [1.807, 2.05) is 53.4 Å². The van der Waals surface area contributed by atoms with Crippen LogP contribution in [0.2, 0.25) is 0 Å². The van der Waals surface area contributed by atoms with Crippen LogP contribution in [0.1, 0.15) is 17.5 Å². The number of fused-ring (bicyclic) bond motifs is 1. The molecule has 0 unspecified atom stereocenters. The van der Waals surface area contributed by atoms with E-state index in [9.17, 15) is 4.79 Å². The van der Waals surface area contributed by atoms with E-state index in [0.717, 1.165) is 23.3 Å². The van der Waals surface area contributed by atoms with Crippen molar-refractivity contribution in [3.05, 3.63) is 59.7 Å². The van der Waals surface area contributed by atoms with Crippen LogP contribution in [0.5, 0.6) is 11.5 Å². The van der Waals surface area contributed by atoms with E-state index in [1.54, 1.807) is 0 Å². The van der Waals surface area contributed by atoms with Gasteiger partial charge in [-0.15, -0.1) is 0 Å². The van der Waals surface area contributed by atoms with Crippen LogP contribution in [0.4, 0.5) is 0 Å². The van der Waals surface area contributed by atoms with Gasteiger partial charge >= 0.3 is 0 Å². The second-order valence-electron chi connectivity index (χ2n) is 5.81. The molecule has 0 saturated carbocycles. The van der Waals surface area contributed by atoms with Crippen LogP contribution >= 0.6 is 0 Å². The van der Waals surface area contributed by atoms with Crippen molar-refractivity contribution in [1.29, 1.82) is 0 Å². The van der Waals surface area contributed by atoms with E-state index < -0.39 is 0 Å². The lowest BCUT2D eigenvalue weighted by molar-refractivity contribution is -0.131. The Labute approximate surface area is 142 Å². The third-order valence-corrected chi connectivity index (χ3v) is 3.99. The van der Waals surface area contributed by atoms with E-state index >= 15 is 0 Å². The fourth-order valence-corrected chi connectivity index (χ4v) is 2.72. The van der Waals surface area contributed by atoms with Crippen molar-refractivity contribution < 1.29 is 14.3 Å². The van der Waals surface area contributed by atoms with Gasteiger partial charge in [-0.2, -0.15) is 0 Å². The lowest BCUT2D eigenvalue weighted by Crippen LogP contribution is -2.33. The first-order valence-corrected chi connectivity index (χ1v) is 8.16. The molecule has 0 bridgehead atoms. The fraction of sp³-hybridized carbons (Fsp3) is 0.316. The Balaban J connectivity index is 1.68. The van der Waals surface area contributed by atoms with E-state index in [0.29, 0.717) is 31.8 Å². The number of hydrogen-bond acceptors (Lipinski definition) is 4. The zero-order valence-electron chi connectivity index (χ0n) is 13.6. The SMILES string of the molecule is NCCCN(Cc1ccccc1)C(=O)Cc1ccc2c(c1)OCO2. The molecule has 2 aromatic rings. The summed E-state index contributed by atoms with van der Waals surface area (Å²) in [5.41, 5.74) is 7.66. The molecule has 0 atom stereocenters. The van der Waals surface area contributed by atoms with Gasteiger partial charge in [0.2, 0.25) is 12.7 Å². The number of carbonyl (C=O) groups is 1. The van der Waals surface area contributed by atoms with Crippen LogP contribution in [0.3, 0.4) is 0 Å². The predicted octanol–water partition coefficient (Wildman–Crippen LogP) is 2.34. The Morgan fingerprint density at radius 2 is 1.83 bits per heavy atom. The lowest BCUT2D eigenvalue weighted by atomic mass is 10.1. The summed E-state index contributed by atoms with van der Waals surface area (Å²) >= 11 is 0. The average molecular weight is 326 g/mol. The average Bonchev–Trinajstić information content (AvgIpc) is 3.07. The van der Waals surface area contributed by atoms with Gasteiger partial charge < -0.3 is 20.1 Å². The quantitative estimate of drug-likeness (QED) is 0.848. The molecule has 3 rings (SSSR count). The number of nitrogens with two attached hydrogens (primary N) is 1. The maximum atomic E-state index is 12.7. The summed E-state index contributed by atoms with van der Waals surface area (Å²) in [7, 11) is 0. The monoisotopic (exact) mass is 326 g/mol. The molecule has 1 aliphatic heterocycles. The van der Waals surface area contributed by atoms with Crippen molar-refractivity contribution in [1.82, 2.24) is 4.90 Å². The number of carbonyl (C=O) groups excluding carboxylic acids is 1. The minimum atomic E-state index is 0.0890. The molecule has 5 heteroatoms. The summed E-state index contributed by atoms with van der Waals surface area (Å²) in [6, 6.07) is 15.7. The molecule has 0 aliphatic carbocycles. The van der Waals surface area contributed by atoms with E-state index in [-0.39, 0.29) is 12.7 Å². The highest BCUT2D eigenvalue weighted by molar-refractivity contribution is 5.79. The highest BCUT2D eigenvalue weighted by Crippen LogP contribution is 2.32. The molecular formula is C19H22N2O3. The van der Waals surface area contributed by atoms with Crippen molar-refractivity contribution in [2.75, 3.05) is 19.9 Å². The number of nitrogens with zero attached hydrogens (tertiary/aromatic N) is 1. The zero-order chi connectivity index (χ0) is 16.8. The third kappa shape index (κ3) is 4.06. The zero-order valence-corrected chi connectivity index (χ0v) is 13.6. The van der Waals surface area contributed by atoms with Crippen LogP contribution in [0, 0.1) is 0 Å². The summed E-state index contributed by atoms with van der Waals surface area (Å²) in [5, 5.41) is 0. The van der Waals surface area contributed by atoms with Gasteiger partial charge in [0.25, 0.3) is 0 Å². The standard InChI is InChI=1S/C19H22N2O3/c20-9-4-10-21(13-15-5-2-1-3-6-15)19(22)12-16-7-8-17-18(11-16)24-14-23-17/h1-3,5-8,11H,4,9-10,12-14,20H2. The predicted molar refractivity (Wildman–Crippen MR) is 91.8 cm³/mol. The van der Waals surface area contributed by atoms with Crippen molar-refractivity contribution >= 4 is 5.91 Å². The minimum absolute atomic E-state index is 0.0890. The van der Waals surface area contributed by atoms with Crippen LogP contribution in [0.25, 0.3) is 0 Å². The molecule has 0 radical (unpaired) electrons. The molecule has 0 spiro atoms. The third-order valence-electron chi connectivity index (χ3n) is 3.99. The second-order valence-corrected chi connectivity index (χ2v) is 5.81. The van der Waals surface area contributed by atoms with Crippen molar-refractivity contribution in [3.8, 4) is 11.5 Å². The van der Waals surface area contributed by atoms with Crippen LogP contribution in [-0.2, 0) is 17.8 Å². The number of amides is 1. The fourth-order valence-electron chi connectivity index (χ4n) is 2.72. The summed E-state index contributed by atoms with van der Waals surface area (Å²) < 4.78 is 10.7. The Morgan fingerprint density at radius 3 is 2.62 bits per heavy atom. The van der Waals surface area contributed by atoms with E-state index in [1.165, 1.54) is 0 Å². The molecule has 126 valence electrons. The molecule has 0 fully saturated rings. The first kappa shape index (κ1) is 16.3. The van der Waals surface area contributed by atoms with Gasteiger partial charge in [0.15, 0.2) is 11.5 Å². The Kier molecular flexibility index (Phi) is 5.33. The van der Waals surface area contributed by atoms with Gasteiger partial charge in [-0.05, 0) is 36.2 Å². The summed E-state index contributed by atoms with van der Waals surface area (Å²) in [6.45, 7) is 2.07. The number of rotatable bonds is 7. The Morgan fingerprint density at radius 1 is 1.04 bits per heavy atom. The number of hydrogen-bond donors (Lipinski definition) is 1. The lowest BCUT2D eigenvalue weighted by Gasteiger charge is -2.23. The molecule has 5 nitrogen and oxygen atoms in total. The minimum Gasteiger partial charge on any atom is -0.454 e. The highest BCUT2D eigenvalue weighted by atomic mass is 16.7. The first-order valence-electron chi connectivity index (χ1n) is 8.16. The van der Waals surface area contributed by atoms with Crippen LogP contribution < -0.4 is 15.2 Å². The smallest absolute Gasteiger partial charge is 0.231 e. The van der Waals surface area contributed by atoms with Crippen LogP contribution in [-0.4, -0.2) is 30.7 Å². The summed E-state index contributed by atoms with van der Waals surface area (Å²) in [5.74, 6) is 1.53. The van der Waals surface area contributed by atoms with Gasteiger partial charge in [0, 0.05) is 13.1 Å². The molecule has 24 heavy (non-hydrogen) atoms. The van der Waals surface area contributed by atoms with E-state index in [2.05, 4.69) is 0 Å². The maximum absolute atomic E-state index is 12.7. The van der Waals surface area contributed by atoms with Gasteiger partial charge in [-0.25, -0.2) is 0 Å². The molecule has 0 saturated heterocycles. The molecule has 1 heterocycles. The molecule has 1 aliphatic rings. The summed E-state index contributed by atoms with van der Waals surface area (Å²) in [4.78, 5) is 14.6. The van der Waals surface area contributed by atoms with Crippen LogP contribution in [0.15, 0.2) is 48.5 Å². The van der Waals surface area contributed by atoms with Crippen molar-refractivity contribution in [2.45, 2.75) is 19.4 Å². The Bertz CT molecular complexity index is 688. The molecule has 2 N–H and O–H groups in total. The summed E-state index contributed by atoms with van der Waals surface area (Å²) in [6.07, 6.45) is 1.13. The first-order chi connectivity index (χ1) is 11.8. The largest absolute Gasteiger partial charge is 0.454 e. The molecule has 1 amide bonds. The Hall–Kier alpha value is -2.53. The highest BCUT2D eigenvalue weighted by Gasteiger charge is 2.17. The van der Waals surface area contributed by atoms with Gasteiger partial charge in [0.1, 0.15) is 0 Å². The topological polar surface area (TPSA) is 64.8 Å². The van der Waals surface area contributed by atoms with Gasteiger partial charge in [0.05, 0.1) is 6.42 Å². The molecular weight excluding hydrogens is 304 g/mol. The van der Waals surface area contributed by atoms with E-state index in [4.69, 9.17) is 15.2 Å². The normalized spacial score (nSPS) is 12.2. The number of benzene rings is 2. The number of ether oxygens (including phenoxy) is 2. The van der Waals surface area contributed by atoms with Crippen molar-refractivity contribution in [2.24, 2.45) is 5.73 Å². The maximum Gasteiger partial charge on any atom is 0.231 e. The second kappa shape index (κ2) is 7.84. The van der Waals surface area contributed by atoms with Gasteiger partial charge in [-0.1, -0.05) is 36.4 Å². The molecule has 0 aromatic heterocycles. The van der Waals surface area contributed by atoms with Gasteiger partial charge in [-0.3, -0.25) is 4.79 Å². The molecule has 2 aromatic carbocycles.